The Labute approximate surface area is 119 Å². The number of rotatable bonds is 9. The molecule has 0 aromatic heterocycles. The molecule has 0 heterocycles. The van der Waals surface area contributed by atoms with Gasteiger partial charge in [0.1, 0.15) is 0 Å². The molecule has 3 atom stereocenters. The second-order valence-corrected chi connectivity index (χ2v) is 6.26. The monoisotopic (exact) mass is 270 g/mol. The SMILES string of the molecule is CCCNC1CCC(C)CC1CN(CCC)CCO. The van der Waals surface area contributed by atoms with Crippen molar-refractivity contribution in [2.75, 3.05) is 32.8 Å². The molecular weight excluding hydrogens is 236 g/mol. The van der Waals surface area contributed by atoms with E-state index in [2.05, 4.69) is 31.0 Å². The fourth-order valence-corrected chi connectivity index (χ4v) is 3.38. The van der Waals surface area contributed by atoms with E-state index in [0.29, 0.717) is 6.04 Å². The summed E-state index contributed by atoms with van der Waals surface area (Å²) >= 11 is 0. The number of aliphatic hydroxyl groups is 1. The molecule has 0 saturated heterocycles. The first-order valence-electron chi connectivity index (χ1n) is 8.27. The Bertz CT molecular complexity index is 215. The lowest BCUT2D eigenvalue weighted by molar-refractivity contribution is 0.126. The van der Waals surface area contributed by atoms with Gasteiger partial charge in [-0.15, -0.1) is 0 Å². The van der Waals surface area contributed by atoms with Gasteiger partial charge in [-0.05, 0) is 57.0 Å². The van der Waals surface area contributed by atoms with Crippen molar-refractivity contribution in [2.45, 2.75) is 58.9 Å². The molecule has 0 aromatic rings. The van der Waals surface area contributed by atoms with E-state index >= 15 is 0 Å². The summed E-state index contributed by atoms with van der Waals surface area (Å²) in [5, 5.41) is 12.9. The third-order valence-corrected chi connectivity index (χ3v) is 4.35. The molecule has 3 unspecified atom stereocenters. The molecule has 0 bridgehead atoms. The summed E-state index contributed by atoms with van der Waals surface area (Å²) in [6, 6.07) is 0.689. The molecule has 0 amide bonds. The van der Waals surface area contributed by atoms with Crippen molar-refractivity contribution < 1.29 is 5.11 Å². The quantitative estimate of drug-likeness (QED) is 0.676. The molecule has 0 radical (unpaired) electrons. The van der Waals surface area contributed by atoms with Crippen LogP contribution in [0.1, 0.15) is 52.9 Å². The summed E-state index contributed by atoms with van der Waals surface area (Å²) in [6.45, 7) is 11.4. The Morgan fingerprint density at radius 1 is 1.16 bits per heavy atom. The molecule has 3 nitrogen and oxygen atoms in total. The van der Waals surface area contributed by atoms with Gasteiger partial charge in [0.2, 0.25) is 0 Å². The van der Waals surface area contributed by atoms with Crippen LogP contribution in [0, 0.1) is 11.8 Å². The first-order valence-corrected chi connectivity index (χ1v) is 8.27. The highest BCUT2D eigenvalue weighted by Gasteiger charge is 2.29. The average Bonchev–Trinajstić information content (AvgIpc) is 2.38. The van der Waals surface area contributed by atoms with E-state index in [1.165, 1.54) is 32.1 Å². The van der Waals surface area contributed by atoms with Gasteiger partial charge >= 0.3 is 0 Å². The van der Waals surface area contributed by atoms with Gasteiger partial charge in [0.25, 0.3) is 0 Å². The van der Waals surface area contributed by atoms with Crippen molar-refractivity contribution in [3.05, 3.63) is 0 Å². The summed E-state index contributed by atoms with van der Waals surface area (Å²) in [6.07, 6.45) is 6.42. The molecular formula is C16H34N2O. The predicted molar refractivity (Wildman–Crippen MR) is 82.4 cm³/mol. The lowest BCUT2D eigenvalue weighted by Crippen LogP contribution is -2.46. The number of hydrogen-bond acceptors (Lipinski definition) is 3. The van der Waals surface area contributed by atoms with Gasteiger partial charge < -0.3 is 15.3 Å². The minimum Gasteiger partial charge on any atom is -0.395 e. The number of nitrogens with one attached hydrogen (secondary N) is 1. The molecule has 3 heteroatoms. The third-order valence-electron chi connectivity index (χ3n) is 4.35. The zero-order valence-corrected chi connectivity index (χ0v) is 13.2. The van der Waals surface area contributed by atoms with E-state index in [1.54, 1.807) is 0 Å². The molecule has 0 aromatic carbocycles. The fourth-order valence-electron chi connectivity index (χ4n) is 3.38. The van der Waals surface area contributed by atoms with Crippen molar-refractivity contribution in [1.29, 1.82) is 0 Å². The van der Waals surface area contributed by atoms with Crippen molar-refractivity contribution in [3.63, 3.8) is 0 Å². The Hall–Kier alpha value is -0.120. The molecule has 2 N–H and O–H groups in total. The van der Waals surface area contributed by atoms with E-state index in [9.17, 15) is 5.11 Å². The topological polar surface area (TPSA) is 35.5 Å². The Kier molecular flexibility index (Phi) is 8.67. The maximum absolute atomic E-state index is 9.19. The van der Waals surface area contributed by atoms with Gasteiger partial charge in [-0.1, -0.05) is 20.8 Å². The van der Waals surface area contributed by atoms with Crippen LogP contribution in [-0.2, 0) is 0 Å². The van der Waals surface area contributed by atoms with Crippen molar-refractivity contribution in [2.24, 2.45) is 11.8 Å². The molecule has 1 aliphatic rings. The number of aliphatic hydroxyl groups excluding tert-OH is 1. The molecule has 1 fully saturated rings. The minimum absolute atomic E-state index is 0.287. The highest BCUT2D eigenvalue weighted by atomic mass is 16.3. The smallest absolute Gasteiger partial charge is 0.0558 e. The summed E-state index contributed by atoms with van der Waals surface area (Å²) < 4.78 is 0. The van der Waals surface area contributed by atoms with Crippen molar-refractivity contribution in [3.8, 4) is 0 Å². The van der Waals surface area contributed by atoms with Crippen LogP contribution in [0.2, 0.25) is 0 Å². The molecule has 114 valence electrons. The molecule has 0 aliphatic heterocycles. The first-order chi connectivity index (χ1) is 9.21. The second kappa shape index (κ2) is 9.73. The zero-order chi connectivity index (χ0) is 14.1. The van der Waals surface area contributed by atoms with E-state index in [0.717, 1.165) is 38.0 Å². The fraction of sp³-hybridized carbons (Fsp3) is 1.00. The van der Waals surface area contributed by atoms with Crippen LogP contribution in [0.3, 0.4) is 0 Å². The first kappa shape index (κ1) is 16.9. The van der Waals surface area contributed by atoms with Gasteiger partial charge in [0.15, 0.2) is 0 Å². The molecule has 0 spiro atoms. The van der Waals surface area contributed by atoms with Crippen LogP contribution >= 0.6 is 0 Å². The molecule has 1 saturated carbocycles. The van der Waals surface area contributed by atoms with Gasteiger partial charge in [0, 0.05) is 19.1 Å². The van der Waals surface area contributed by atoms with E-state index < -0.39 is 0 Å². The third kappa shape index (κ3) is 6.24. The van der Waals surface area contributed by atoms with Crippen LogP contribution in [0.25, 0.3) is 0 Å². The Morgan fingerprint density at radius 2 is 1.95 bits per heavy atom. The van der Waals surface area contributed by atoms with Gasteiger partial charge in [-0.25, -0.2) is 0 Å². The standard InChI is InChI=1S/C16H34N2O/c1-4-8-17-16-7-6-14(3)12-15(16)13-18(9-5-2)10-11-19/h14-17,19H,4-13H2,1-3H3. The average molecular weight is 270 g/mol. The van der Waals surface area contributed by atoms with Gasteiger partial charge in [-0.3, -0.25) is 0 Å². The highest BCUT2D eigenvalue weighted by Crippen LogP contribution is 2.29. The maximum atomic E-state index is 9.19. The van der Waals surface area contributed by atoms with Crippen molar-refractivity contribution in [1.82, 2.24) is 10.2 Å². The molecule has 19 heavy (non-hydrogen) atoms. The summed E-state index contributed by atoms with van der Waals surface area (Å²) in [5.74, 6) is 1.62. The van der Waals surface area contributed by atoms with Crippen LogP contribution in [-0.4, -0.2) is 48.8 Å². The van der Waals surface area contributed by atoms with E-state index in [-0.39, 0.29) is 6.61 Å². The largest absolute Gasteiger partial charge is 0.395 e. The normalized spacial score (nSPS) is 27.9. The number of nitrogens with zero attached hydrogens (tertiary/aromatic N) is 1. The second-order valence-electron chi connectivity index (χ2n) is 6.26. The van der Waals surface area contributed by atoms with Gasteiger partial charge in [0.05, 0.1) is 6.61 Å². The maximum Gasteiger partial charge on any atom is 0.0558 e. The predicted octanol–water partition coefficient (Wildman–Crippen LogP) is 2.50. The Morgan fingerprint density at radius 3 is 2.58 bits per heavy atom. The summed E-state index contributed by atoms with van der Waals surface area (Å²) in [5.41, 5.74) is 0. The molecule has 1 rings (SSSR count). The lowest BCUT2D eigenvalue weighted by atomic mass is 9.78. The van der Waals surface area contributed by atoms with Crippen LogP contribution in [0.4, 0.5) is 0 Å². The highest BCUT2D eigenvalue weighted by molar-refractivity contribution is 4.85. The van der Waals surface area contributed by atoms with Crippen LogP contribution in [0.15, 0.2) is 0 Å². The minimum atomic E-state index is 0.287. The lowest BCUT2D eigenvalue weighted by Gasteiger charge is -2.38. The van der Waals surface area contributed by atoms with Crippen LogP contribution in [0.5, 0.6) is 0 Å². The summed E-state index contributed by atoms with van der Waals surface area (Å²) in [7, 11) is 0. The Balaban J connectivity index is 2.51. The molecule has 1 aliphatic carbocycles. The zero-order valence-electron chi connectivity index (χ0n) is 13.2. The number of hydrogen-bond donors (Lipinski definition) is 2. The van der Waals surface area contributed by atoms with E-state index in [1.807, 2.05) is 0 Å². The summed E-state index contributed by atoms with van der Waals surface area (Å²) in [4.78, 5) is 2.45. The van der Waals surface area contributed by atoms with Gasteiger partial charge in [-0.2, -0.15) is 0 Å². The van der Waals surface area contributed by atoms with Crippen LogP contribution < -0.4 is 5.32 Å². The van der Waals surface area contributed by atoms with Crippen molar-refractivity contribution >= 4 is 0 Å². The van der Waals surface area contributed by atoms with E-state index in [4.69, 9.17) is 0 Å².